The molecule has 1 N–H and O–H groups in total. The normalized spacial score (nSPS) is 11.8. The Labute approximate surface area is 201 Å². The van der Waals surface area contributed by atoms with Crippen LogP contribution in [0.1, 0.15) is 30.5 Å². The summed E-state index contributed by atoms with van der Waals surface area (Å²) in [5, 5.41) is 3.02. The van der Waals surface area contributed by atoms with Gasteiger partial charge in [-0.15, -0.1) is 11.8 Å². The van der Waals surface area contributed by atoms with E-state index in [1.54, 1.807) is 4.90 Å². The van der Waals surface area contributed by atoms with Gasteiger partial charge in [0.05, 0.1) is 5.75 Å². The van der Waals surface area contributed by atoms with Gasteiger partial charge in [0.15, 0.2) is 0 Å². The molecule has 2 amide bonds. The summed E-state index contributed by atoms with van der Waals surface area (Å²) in [6.07, 6.45) is 0.465. The molecular weight excluding hydrogens is 428 g/mol. The molecule has 0 spiro atoms. The lowest BCUT2D eigenvalue weighted by Crippen LogP contribution is -2.52. The maximum atomic E-state index is 13.5. The van der Waals surface area contributed by atoms with E-state index in [2.05, 4.69) is 5.32 Å². The number of hydrogen-bond donors (Lipinski definition) is 1. The Bertz CT molecular complexity index is 1020. The molecule has 1 atom stereocenters. The lowest BCUT2D eigenvalue weighted by molar-refractivity contribution is -0.139. The molecule has 0 bridgehead atoms. The highest BCUT2D eigenvalue weighted by atomic mass is 32.2. The predicted molar refractivity (Wildman–Crippen MR) is 136 cm³/mol. The molecule has 4 nitrogen and oxygen atoms in total. The summed E-state index contributed by atoms with van der Waals surface area (Å²) in [5.74, 6) is 0.0959. The Morgan fingerprint density at radius 2 is 1.42 bits per heavy atom. The quantitative estimate of drug-likeness (QED) is 0.420. The van der Waals surface area contributed by atoms with Crippen LogP contribution in [-0.2, 0) is 22.6 Å². The highest BCUT2D eigenvalue weighted by molar-refractivity contribution is 8.00. The van der Waals surface area contributed by atoms with Gasteiger partial charge >= 0.3 is 0 Å². The molecular formula is C28H32N2O2S. The molecule has 0 aliphatic carbocycles. The molecule has 0 aliphatic heterocycles. The van der Waals surface area contributed by atoms with Crippen molar-refractivity contribution in [3.05, 3.63) is 102 Å². The molecule has 0 heterocycles. The maximum absolute atomic E-state index is 13.5. The summed E-state index contributed by atoms with van der Waals surface area (Å²) >= 11 is 1.50. The van der Waals surface area contributed by atoms with Gasteiger partial charge in [0, 0.05) is 23.9 Å². The topological polar surface area (TPSA) is 49.4 Å². The molecule has 3 aromatic carbocycles. The zero-order valence-corrected chi connectivity index (χ0v) is 20.3. The Kier molecular flexibility index (Phi) is 9.14. The second kappa shape index (κ2) is 12.3. The molecule has 0 fully saturated rings. The SMILES string of the molecule is Cc1ccc(SCC(=O)N(Cc2ccccc2)[C@H](Cc2ccccc2)C(=O)NC(C)C)cc1. The zero-order chi connectivity index (χ0) is 23.6. The molecule has 172 valence electrons. The van der Waals surface area contributed by atoms with Crippen LogP contribution in [0.5, 0.6) is 0 Å². The fourth-order valence-corrected chi connectivity index (χ4v) is 4.36. The lowest BCUT2D eigenvalue weighted by atomic mass is 10.0. The molecule has 0 unspecified atom stereocenters. The van der Waals surface area contributed by atoms with Crippen molar-refractivity contribution in [3.63, 3.8) is 0 Å². The van der Waals surface area contributed by atoms with Crippen molar-refractivity contribution in [2.45, 2.75) is 50.7 Å². The van der Waals surface area contributed by atoms with Crippen LogP contribution in [-0.4, -0.2) is 34.6 Å². The van der Waals surface area contributed by atoms with Crippen LogP contribution < -0.4 is 5.32 Å². The minimum Gasteiger partial charge on any atom is -0.352 e. The van der Waals surface area contributed by atoms with Gasteiger partial charge in [-0.3, -0.25) is 9.59 Å². The standard InChI is InChI=1S/C28H32N2O2S/c1-21(2)29-28(32)26(18-23-10-6-4-7-11-23)30(19-24-12-8-5-9-13-24)27(31)20-33-25-16-14-22(3)15-17-25/h4-17,21,26H,18-20H2,1-3H3,(H,29,32)/t26-/m1/s1. The molecule has 0 saturated heterocycles. The number of thioether (sulfide) groups is 1. The number of carbonyl (C=O) groups is 2. The third-order valence-electron chi connectivity index (χ3n) is 5.28. The van der Waals surface area contributed by atoms with Gasteiger partial charge in [0.1, 0.15) is 6.04 Å². The van der Waals surface area contributed by atoms with E-state index in [0.717, 1.165) is 16.0 Å². The summed E-state index contributed by atoms with van der Waals surface area (Å²) in [6.45, 7) is 6.31. The average molecular weight is 461 g/mol. The van der Waals surface area contributed by atoms with Crippen LogP contribution in [0.4, 0.5) is 0 Å². The van der Waals surface area contributed by atoms with Crippen molar-refractivity contribution in [2.75, 3.05) is 5.75 Å². The number of amides is 2. The summed E-state index contributed by atoms with van der Waals surface area (Å²) in [6, 6.07) is 27.3. The lowest BCUT2D eigenvalue weighted by Gasteiger charge is -2.32. The highest BCUT2D eigenvalue weighted by Crippen LogP contribution is 2.21. The van der Waals surface area contributed by atoms with Crippen molar-refractivity contribution in [3.8, 4) is 0 Å². The molecule has 0 aromatic heterocycles. The van der Waals surface area contributed by atoms with E-state index in [1.165, 1.54) is 17.3 Å². The summed E-state index contributed by atoms with van der Waals surface area (Å²) in [7, 11) is 0. The minimum absolute atomic E-state index is 0.00798. The van der Waals surface area contributed by atoms with Crippen molar-refractivity contribution in [2.24, 2.45) is 0 Å². The number of benzene rings is 3. The fraction of sp³-hybridized carbons (Fsp3) is 0.286. The van der Waals surface area contributed by atoms with Crippen molar-refractivity contribution in [1.29, 1.82) is 0 Å². The monoisotopic (exact) mass is 460 g/mol. The first-order valence-corrected chi connectivity index (χ1v) is 12.3. The number of nitrogens with one attached hydrogen (secondary N) is 1. The first kappa shape index (κ1) is 24.6. The number of rotatable bonds is 10. The van der Waals surface area contributed by atoms with E-state index in [9.17, 15) is 9.59 Å². The zero-order valence-electron chi connectivity index (χ0n) is 19.5. The third-order valence-corrected chi connectivity index (χ3v) is 6.28. The summed E-state index contributed by atoms with van der Waals surface area (Å²) in [4.78, 5) is 29.6. The fourth-order valence-electron chi connectivity index (χ4n) is 3.58. The Balaban J connectivity index is 1.87. The van der Waals surface area contributed by atoms with Gasteiger partial charge in [-0.25, -0.2) is 0 Å². The van der Waals surface area contributed by atoms with Gasteiger partial charge in [-0.1, -0.05) is 78.4 Å². The van der Waals surface area contributed by atoms with Gasteiger partial charge in [0.25, 0.3) is 0 Å². The summed E-state index contributed by atoms with van der Waals surface area (Å²) in [5.41, 5.74) is 3.21. The van der Waals surface area contributed by atoms with E-state index >= 15 is 0 Å². The molecule has 3 aromatic rings. The molecule has 33 heavy (non-hydrogen) atoms. The largest absolute Gasteiger partial charge is 0.352 e. The minimum atomic E-state index is -0.596. The molecule has 0 saturated carbocycles. The molecule has 0 radical (unpaired) electrons. The first-order chi connectivity index (χ1) is 15.9. The van der Waals surface area contributed by atoms with Crippen LogP contribution in [0.15, 0.2) is 89.8 Å². The Hall–Kier alpha value is -3.05. The second-order valence-electron chi connectivity index (χ2n) is 8.48. The molecule has 3 rings (SSSR count). The maximum Gasteiger partial charge on any atom is 0.243 e. The van der Waals surface area contributed by atoms with Gasteiger partial charge in [0.2, 0.25) is 11.8 Å². The van der Waals surface area contributed by atoms with Gasteiger partial charge in [-0.2, -0.15) is 0 Å². The number of carbonyl (C=O) groups excluding carboxylic acids is 2. The van der Waals surface area contributed by atoms with Crippen LogP contribution >= 0.6 is 11.8 Å². The molecule has 0 aliphatic rings. The van der Waals surface area contributed by atoms with Crippen molar-refractivity contribution < 1.29 is 9.59 Å². The van der Waals surface area contributed by atoms with Gasteiger partial charge in [-0.05, 0) is 44.0 Å². The number of hydrogen-bond acceptors (Lipinski definition) is 3. The first-order valence-electron chi connectivity index (χ1n) is 11.3. The Morgan fingerprint density at radius 1 is 0.848 bits per heavy atom. The van der Waals surface area contributed by atoms with Crippen LogP contribution in [0.3, 0.4) is 0 Å². The highest BCUT2D eigenvalue weighted by Gasteiger charge is 2.30. The van der Waals surface area contributed by atoms with E-state index in [0.29, 0.717) is 13.0 Å². The van der Waals surface area contributed by atoms with Crippen LogP contribution in [0.2, 0.25) is 0 Å². The van der Waals surface area contributed by atoms with Crippen LogP contribution in [0.25, 0.3) is 0 Å². The molecule has 5 heteroatoms. The Morgan fingerprint density at radius 3 is 2.00 bits per heavy atom. The predicted octanol–water partition coefficient (Wildman–Crippen LogP) is 5.25. The smallest absolute Gasteiger partial charge is 0.243 e. The van der Waals surface area contributed by atoms with E-state index in [-0.39, 0.29) is 23.6 Å². The van der Waals surface area contributed by atoms with Gasteiger partial charge < -0.3 is 10.2 Å². The van der Waals surface area contributed by atoms with Crippen molar-refractivity contribution in [1.82, 2.24) is 10.2 Å². The summed E-state index contributed by atoms with van der Waals surface area (Å²) < 4.78 is 0. The van der Waals surface area contributed by atoms with Crippen molar-refractivity contribution >= 4 is 23.6 Å². The second-order valence-corrected chi connectivity index (χ2v) is 9.53. The van der Waals surface area contributed by atoms with Crippen LogP contribution in [0, 0.1) is 6.92 Å². The van der Waals surface area contributed by atoms with E-state index in [1.807, 2.05) is 106 Å². The number of nitrogens with zero attached hydrogens (tertiary/aromatic N) is 1. The van der Waals surface area contributed by atoms with E-state index < -0.39 is 6.04 Å². The number of aryl methyl sites for hydroxylation is 1. The van der Waals surface area contributed by atoms with E-state index in [4.69, 9.17) is 0 Å². The third kappa shape index (κ3) is 7.79. The average Bonchev–Trinajstić information content (AvgIpc) is 2.81.